The van der Waals surface area contributed by atoms with Crippen LogP contribution in [0.2, 0.25) is 0 Å². The number of amides is 1. The van der Waals surface area contributed by atoms with E-state index in [1.165, 1.54) is 25.0 Å². The molecule has 178 valence electrons. The second-order valence-corrected chi connectivity index (χ2v) is 9.90. The van der Waals surface area contributed by atoms with Gasteiger partial charge in [0.2, 0.25) is 5.91 Å². The van der Waals surface area contributed by atoms with Gasteiger partial charge in [-0.25, -0.2) is 8.42 Å². The van der Waals surface area contributed by atoms with Crippen LogP contribution in [-0.4, -0.2) is 40.6 Å². The van der Waals surface area contributed by atoms with E-state index in [1.54, 1.807) is 42.5 Å². The van der Waals surface area contributed by atoms with Crippen LogP contribution in [-0.2, 0) is 14.8 Å². The summed E-state index contributed by atoms with van der Waals surface area (Å²) in [6, 6.07) is 22.5. The summed E-state index contributed by atoms with van der Waals surface area (Å²) in [6.45, 7) is 4.08. The predicted octanol–water partition coefficient (Wildman–Crippen LogP) is 4.52. The van der Waals surface area contributed by atoms with Crippen LogP contribution in [0.15, 0.2) is 83.8 Å². The van der Waals surface area contributed by atoms with Crippen molar-refractivity contribution in [1.82, 2.24) is 0 Å². The number of nitrogens with zero attached hydrogens (tertiary/aromatic N) is 2. The smallest absolute Gasteiger partial charge is 0.264 e. The lowest BCUT2D eigenvalue weighted by Gasteiger charge is -2.24. The lowest BCUT2D eigenvalue weighted by Crippen LogP contribution is -2.38. The SMILES string of the molecule is CCOc1ccc(S(=O)(=O)N(CC(=O)Nc2ccc(N3CCCC3)cc2)c2ccccc2)cc1. The van der Waals surface area contributed by atoms with Crippen LogP contribution in [0.1, 0.15) is 19.8 Å². The zero-order valence-corrected chi connectivity index (χ0v) is 20.0. The van der Waals surface area contributed by atoms with Crippen LogP contribution in [0, 0.1) is 0 Å². The standard InChI is InChI=1S/C26H29N3O4S/c1-2-33-24-14-16-25(17-15-24)34(31,32)29(23-8-4-3-5-9-23)20-26(30)27-21-10-12-22(13-11-21)28-18-6-7-19-28/h3-5,8-17H,2,6-7,18-20H2,1H3,(H,27,30). The molecule has 7 nitrogen and oxygen atoms in total. The minimum absolute atomic E-state index is 0.0857. The van der Waals surface area contributed by atoms with Gasteiger partial charge in [-0.1, -0.05) is 18.2 Å². The van der Waals surface area contributed by atoms with Gasteiger partial charge in [-0.2, -0.15) is 0 Å². The van der Waals surface area contributed by atoms with Crippen molar-refractivity contribution in [3.8, 4) is 5.75 Å². The van der Waals surface area contributed by atoms with Gasteiger partial charge in [-0.15, -0.1) is 0 Å². The van der Waals surface area contributed by atoms with E-state index in [4.69, 9.17) is 4.74 Å². The number of hydrogen-bond donors (Lipinski definition) is 1. The molecule has 8 heteroatoms. The topological polar surface area (TPSA) is 79.0 Å². The molecule has 1 aliphatic rings. The average Bonchev–Trinajstić information content (AvgIpc) is 3.39. The zero-order valence-electron chi connectivity index (χ0n) is 19.2. The number of carbonyl (C=O) groups excluding carboxylic acids is 1. The van der Waals surface area contributed by atoms with Crippen molar-refractivity contribution in [3.63, 3.8) is 0 Å². The van der Waals surface area contributed by atoms with Gasteiger partial charge in [0.25, 0.3) is 10.0 Å². The van der Waals surface area contributed by atoms with Crippen molar-refractivity contribution in [2.45, 2.75) is 24.7 Å². The van der Waals surface area contributed by atoms with E-state index in [2.05, 4.69) is 10.2 Å². The molecule has 0 atom stereocenters. The summed E-state index contributed by atoms with van der Waals surface area (Å²) in [5.74, 6) is 0.162. The molecule has 1 N–H and O–H groups in total. The third-order valence-electron chi connectivity index (χ3n) is 5.68. The largest absolute Gasteiger partial charge is 0.494 e. The molecule has 4 rings (SSSR count). The van der Waals surface area contributed by atoms with Crippen LogP contribution in [0.25, 0.3) is 0 Å². The highest BCUT2D eigenvalue weighted by atomic mass is 32.2. The van der Waals surface area contributed by atoms with Gasteiger partial charge in [0.15, 0.2) is 0 Å². The van der Waals surface area contributed by atoms with Crippen molar-refractivity contribution in [1.29, 1.82) is 0 Å². The van der Waals surface area contributed by atoms with Gasteiger partial charge in [-0.3, -0.25) is 9.10 Å². The number of ether oxygens (including phenoxy) is 1. The molecule has 1 saturated heterocycles. The first-order chi connectivity index (χ1) is 16.5. The third-order valence-corrected chi connectivity index (χ3v) is 7.46. The molecular formula is C26H29N3O4S. The molecule has 0 aliphatic carbocycles. The maximum Gasteiger partial charge on any atom is 0.264 e. The quantitative estimate of drug-likeness (QED) is 0.488. The van der Waals surface area contributed by atoms with E-state index in [0.717, 1.165) is 23.1 Å². The van der Waals surface area contributed by atoms with E-state index in [1.807, 2.05) is 31.2 Å². The van der Waals surface area contributed by atoms with Gasteiger partial charge < -0.3 is 15.0 Å². The Kier molecular flexibility index (Phi) is 7.37. The maximum absolute atomic E-state index is 13.5. The van der Waals surface area contributed by atoms with Gasteiger partial charge in [-0.05, 0) is 80.4 Å². The van der Waals surface area contributed by atoms with Crippen LogP contribution in [0.4, 0.5) is 17.1 Å². The monoisotopic (exact) mass is 479 g/mol. The van der Waals surface area contributed by atoms with Crippen LogP contribution in [0.5, 0.6) is 5.75 Å². The fraction of sp³-hybridized carbons (Fsp3) is 0.269. The molecule has 0 radical (unpaired) electrons. The number of nitrogens with one attached hydrogen (secondary N) is 1. The zero-order chi connectivity index (χ0) is 24.0. The second-order valence-electron chi connectivity index (χ2n) is 8.04. The molecule has 1 amide bonds. The summed E-state index contributed by atoms with van der Waals surface area (Å²) in [5.41, 5.74) is 2.16. The summed E-state index contributed by atoms with van der Waals surface area (Å²) in [6.07, 6.45) is 2.38. The molecule has 0 spiro atoms. The van der Waals surface area contributed by atoms with Crippen molar-refractivity contribution >= 4 is 33.0 Å². The van der Waals surface area contributed by atoms with Crippen molar-refractivity contribution in [2.75, 3.05) is 40.8 Å². The average molecular weight is 480 g/mol. The van der Waals surface area contributed by atoms with Crippen molar-refractivity contribution in [3.05, 3.63) is 78.9 Å². The Labute approximate surface area is 201 Å². The number of rotatable bonds is 9. The summed E-state index contributed by atoms with van der Waals surface area (Å²) in [5, 5.41) is 2.83. The molecule has 3 aromatic rings. The normalized spacial score (nSPS) is 13.5. The first-order valence-electron chi connectivity index (χ1n) is 11.4. The molecule has 0 unspecified atom stereocenters. The maximum atomic E-state index is 13.5. The number of hydrogen-bond acceptors (Lipinski definition) is 5. The second kappa shape index (κ2) is 10.6. The van der Waals surface area contributed by atoms with Gasteiger partial charge in [0.1, 0.15) is 12.3 Å². The summed E-state index contributed by atoms with van der Waals surface area (Å²) in [4.78, 5) is 15.3. The Bertz CT molecular complexity index is 1190. The van der Waals surface area contributed by atoms with Gasteiger partial charge in [0.05, 0.1) is 17.2 Å². The molecule has 1 heterocycles. The van der Waals surface area contributed by atoms with E-state index in [9.17, 15) is 13.2 Å². The molecule has 0 bridgehead atoms. The fourth-order valence-electron chi connectivity index (χ4n) is 3.97. The lowest BCUT2D eigenvalue weighted by atomic mass is 10.2. The first-order valence-corrected chi connectivity index (χ1v) is 12.9. The highest BCUT2D eigenvalue weighted by Gasteiger charge is 2.27. The highest BCUT2D eigenvalue weighted by molar-refractivity contribution is 7.92. The number of anilines is 3. The molecule has 1 aliphatic heterocycles. The molecule has 34 heavy (non-hydrogen) atoms. The molecular weight excluding hydrogens is 450 g/mol. The highest BCUT2D eigenvalue weighted by Crippen LogP contribution is 2.26. The molecule has 3 aromatic carbocycles. The van der Waals surface area contributed by atoms with E-state index in [-0.39, 0.29) is 11.4 Å². The number of benzene rings is 3. The Morgan fingerprint density at radius 2 is 1.59 bits per heavy atom. The van der Waals surface area contributed by atoms with E-state index in [0.29, 0.717) is 23.7 Å². The Morgan fingerprint density at radius 3 is 2.21 bits per heavy atom. The van der Waals surface area contributed by atoms with Gasteiger partial charge >= 0.3 is 0 Å². The third kappa shape index (κ3) is 5.51. The lowest BCUT2D eigenvalue weighted by molar-refractivity contribution is -0.114. The summed E-state index contributed by atoms with van der Waals surface area (Å²) < 4.78 is 33.5. The van der Waals surface area contributed by atoms with Crippen LogP contribution in [0.3, 0.4) is 0 Å². The van der Waals surface area contributed by atoms with Crippen molar-refractivity contribution < 1.29 is 17.9 Å². The minimum atomic E-state index is -3.98. The summed E-state index contributed by atoms with van der Waals surface area (Å²) in [7, 11) is -3.98. The number of carbonyl (C=O) groups is 1. The van der Waals surface area contributed by atoms with E-state index >= 15 is 0 Å². The molecule has 0 saturated carbocycles. The first kappa shape index (κ1) is 23.6. The van der Waals surface area contributed by atoms with Crippen LogP contribution >= 0.6 is 0 Å². The molecule has 1 fully saturated rings. The predicted molar refractivity (Wildman–Crippen MR) is 135 cm³/mol. The fourth-order valence-corrected chi connectivity index (χ4v) is 5.39. The van der Waals surface area contributed by atoms with E-state index < -0.39 is 15.9 Å². The number of para-hydroxylation sites is 1. The Hall–Kier alpha value is -3.52. The Balaban J connectivity index is 1.52. The minimum Gasteiger partial charge on any atom is -0.494 e. The van der Waals surface area contributed by atoms with Crippen molar-refractivity contribution in [2.24, 2.45) is 0 Å². The van der Waals surface area contributed by atoms with Gasteiger partial charge in [0, 0.05) is 24.5 Å². The Morgan fingerprint density at radius 1 is 0.941 bits per heavy atom. The molecule has 0 aromatic heterocycles. The number of sulfonamides is 1. The summed E-state index contributed by atoms with van der Waals surface area (Å²) >= 11 is 0. The van der Waals surface area contributed by atoms with Crippen LogP contribution < -0.4 is 19.3 Å².